The Kier molecular flexibility index (Phi) is 5.78. The highest BCUT2D eigenvalue weighted by molar-refractivity contribution is 6.24. The van der Waals surface area contributed by atoms with Crippen molar-refractivity contribution in [3.05, 3.63) is 59.2 Å². The first-order valence-corrected chi connectivity index (χ1v) is 14.5. The molecule has 1 amide bonds. The van der Waals surface area contributed by atoms with E-state index in [2.05, 4.69) is 0 Å². The van der Waals surface area contributed by atoms with Crippen molar-refractivity contribution >= 4 is 23.2 Å². The minimum absolute atomic E-state index is 0.0192. The quantitative estimate of drug-likeness (QED) is 0.272. The van der Waals surface area contributed by atoms with Crippen LogP contribution >= 0.6 is 0 Å². The molecule has 3 aromatic carbocycles. The number of carbonyl (C=O) groups is 3. The average Bonchev–Trinajstić information content (AvgIpc) is 3.68. The first-order valence-electron chi connectivity index (χ1n) is 14.5. The number of primary amides is 1. The average molecular weight is 614 g/mol. The molecule has 3 aromatic rings. The molecule has 45 heavy (non-hydrogen) atoms. The molecule has 12 nitrogen and oxygen atoms in total. The maximum atomic E-state index is 14.0. The topological polar surface area (TPSA) is 195 Å². The lowest BCUT2D eigenvalue weighted by Crippen LogP contribution is -2.66. The molecule has 2 heterocycles. The van der Waals surface area contributed by atoms with E-state index in [9.17, 15) is 34.8 Å². The fraction of sp³-hybridized carbons (Fsp3) is 0.303. The van der Waals surface area contributed by atoms with Crippen molar-refractivity contribution in [1.29, 1.82) is 0 Å². The van der Waals surface area contributed by atoms with Crippen molar-refractivity contribution in [3.8, 4) is 51.0 Å². The van der Waals surface area contributed by atoms with Crippen LogP contribution in [0.4, 0.5) is 0 Å². The Labute approximate surface area is 255 Å². The molecule has 2 unspecified atom stereocenters. The number of phenolic OH excluding ortho intramolecular Hbond substituents is 1. The lowest BCUT2D eigenvalue weighted by atomic mass is 9.56. The van der Waals surface area contributed by atoms with Gasteiger partial charge >= 0.3 is 0 Å². The van der Waals surface area contributed by atoms with E-state index < -0.39 is 52.7 Å². The summed E-state index contributed by atoms with van der Waals surface area (Å²) in [7, 11) is 0. The zero-order chi connectivity index (χ0) is 31.4. The number of nitrogens with two attached hydrogens (primary N) is 1. The Morgan fingerprint density at radius 2 is 1.44 bits per heavy atom. The number of hydrogen-bond acceptors (Lipinski definition) is 11. The number of ketones is 2. The molecular weight excluding hydrogens is 586 g/mol. The highest BCUT2D eigenvalue weighted by Crippen LogP contribution is 2.55. The summed E-state index contributed by atoms with van der Waals surface area (Å²) < 4.78 is 22.1. The highest BCUT2D eigenvalue weighted by atomic mass is 16.7. The van der Waals surface area contributed by atoms with Crippen LogP contribution in [-0.2, 0) is 20.8 Å². The lowest BCUT2D eigenvalue weighted by molar-refractivity contribution is -0.174. The number of Topliss-reactive ketones (excluding diaryl/α,β-unsaturated/α-hetero) is 2. The smallest absolute Gasteiger partial charge is 0.231 e. The summed E-state index contributed by atoms with van der Waals surface area (Å²) in [6.45, 7) is 0.113. The van der Waals surface area contributed by atoms with Gasteiger partial charge in [-0.1, -0.05) is 12.1 Å². The molecular formula is C33H27NO11. The normalized spacial score (nSPS) is 27.6. The molecule has 8 rings (SSSR count). The zero-order valence-corrected chi connectivity index (χ0v) is 23.6. The largest absolute Gasteiger partial charge is 0.507 e. The maximum absolute atomic E-state index is 14.0. The molecule has 0 radical (unpaired) electrons. The van der Waals surface area contributed by atoms with E-state index in [1.165, 1.54) is 0 Å². The second-order valence-electron chi connectivity index (χ2n) is 12.0. The van der Waals surface area contributed by atoms with Crippen LogP contribution < -0.4 is 24.7 Å². The fourth-order valence-corrected chi connectivity index (χ4v) is 7.60. The Bertz CT molecular complexity index is 1900. The molecule has 0 saturated heterocycles. The van der Waals surface area contributed by atoms with Gasteiger partial charge in [0, 0.05) is 17.1 Å². The minimum atomic E-state index is -2.67. The molecule has 0 bridgehead atoms. The first-order chi connectivity index (χ1) is 21.6. The van der Waals surface area contributed by atoms with Gasteiger partial charge in [-0.15, -0.1) is 0 Å². The minimum Gasteiger partial charge on any atom is -0.507 e. The van der Waals surface area contributed by atoms with Crippen molar-refractivity contribution in [3.63, 3.8) is 0 Å². The standard InChI is InChI=1S/C33H27NO11/c34-32(40)27-20(35)9-16-5-15-6-19-17(13-1-3-21-23(7-13)44-11-42-21)10-18(14-2-4-22-24(8-14)45-12-43-22)28(36)26(19)29(37)25(15)30(38)33(16,41)31(27)39/h1-4,7-8,10,15-16,20,27,35-37,41H,5-6,9,11-12H2,(H2,34,40)/t15-,16+,20?,27?,33+/m1/s1. The molecule has 6 N–H and O–H groups in total. The van der Waals surface area contributed by atoms with Crippen molar-refractivity contribution in [2.24, 2.45) is 23.5 Å². The third kappa shape index (κ3) is 3.75. The van der Waals surface area contributed by atoms with Crippen molar-refractivity contribution in [2.45, 2.75) is 31.0 Å². The zero-order valence-electron chi connectivity index (χ0n) is 23.6. The Hall–Kier alpha value is -5.07. The van der Waals surface area contributed by atoms with Crippen LogP contribution in [0.3, 0.4) is 0 Å². The van der Waals surface area contributed by atoms with Crippen LogP contribution in [0.2, 0.25) is 0 Å². The number of carbonyl (C=O) groups excluding carboxylic acids is 3. The molecule has 2 aliphatic heterocycles. The van der Waals surface area contributed by atoms with Gasteiger partial charge in [-0.05, 0) is 77.8 Å². The lowest BCUT2D eigenvalue weighted by Gasteiger charge is -2.48. The molecule has 2 saturated carbocycles. The molecule has 230 valence electrons. The summed E-state index contributed by atoms with van der Waals surface area (Å²) in [5, 5.41) is 45.8. The molecule has 5 aliphatic rings. The predicted octanol–water partition coefficient (Wildman–Crippen LogP) is 2.38. The third-order valence-electron chi connectivity index (χ3n) is 9.75. The number of aliphatic hydroxyl groups is 3. The summed E-state index contributed by atoms with van der Waals surface area (Å²) >= 11 is 0. The summed E-state index contributed by atoms with van der Waals surface area (Å²) in [5.41, 5.74) is 5.18. The molecule has 3 aliphatic carbocycles. The Morgan fingerprint density at radius 1 is 0.844 bits per heavy atom. The van der Waals surface area contributed by atoms with Gasteiger partial charge in [-0.3, -0.25) is 14.4 Å². The van der Waals surface area contributed by atoms with Gasteiger partial charge in [-0.2, -0.15) is 0 Å². The Balaban J connectivity index is 1.34. The molecule has 0 aromatic heterocycles. The number of aliphatic hydroxyl groups excluding tert-OH is 2. The van der Waals surface area contributed by atoms with E-state index in [1.807, 2.05) is 6.07 Å². The van der Waals surface area contributed by atoms with Crippen molar-refractivity contribution in [2.75, 3.05) is 13.6 Å². The number of hydrogen-bond donors (Lipinski definition) is 5. The number of ether oxygens (including phenoxy) is 4. The first kappa shape index (κ1) is 27.5. The Morgan fingerprint density at radius 3 is 2.07 bits per heavy atom. The molecule has 2 fully saturated rings. The monoisotopic (exact) mass is 613 g/mol. The van der Waals surface area contributed by atoms with Crippen LogP contribution in [0.5, 0.6) is 28.7 Å². The van der Waals surface area contributed by atoms with E-state index in [-0.39, 0.29) is 49.7 Å². The van der Waals surface area contributed by atoms with Gasteiger partial charge in [0.05, 0.1) is 11.7 Å². The molecule has 0 spiro atoms. The van der Waals surface area contributed by atoms with Crippen LogP contribution in [-0.4, -0.2) is 63.2 Å². The predicted molar refractivity (Wildman–Crippen MR) is 154 cm³/mol. The maximum Gasteiger partial charge on any atom is 0.231 e. The van der Waals surface area contributed by atoms with E-state index >= 15 is 0 Å². The van der Waals surface area contributed by atoms with E-state index in [4.69, 9.17) is 24.7 Å². The summed E-state index contributed by atoms with van der Waals surface area (Å²) in [6.07, 6.45) is -1.45. The van der Waals surface area contributed by atoms with Crippen LogP contribution in [0.25, 0.3) is 28.0 Å². The van der Waals surface area contributed by atoms with Gasteiger partial charge in [-0.25, -0.2) is 0 Å². The van der Waals surface area contributed by atoms with Gasteiger partial charge in [0.1, 0.15) is 17.4 Å². The number of phenols is 1. The number of fused-ring (bicyclic) bond motifs is 5. The number of rotatable bonds is 3. The summed E-state index contributed by atoms with van der Waals surface area (Å²) in [4.78, 5) is 39.4. The molecule has 12 heteroatoms. The van der Waals surface area contributed by atoms with Gasteiger partial charge in [0.2, 0.25) is 25.3 Å². The van der Waals surface area contributed by atoms with Gasteiger partial charge in [0.15, 0.2) is 34.4 Å². The number of amides is 1. The number of benzene rings is 3. The summed E-state index contributed by atoms with van der Waals surface area (Å²) in [6, 6.07) is 12.3. The van der Waals surface area contributed by atoms with Crippen molar-refractivity contribution < 1.29 is 53.8 Å². The van der Waals surface area contributed by atoms with E-state index in [0.717, 1.165) is 0 Å². The van der Waals surface area contributed by atoms with Gasteiger partial charge < -0.3 is 45.1 Å². The second kappa shape index (κ2) is 9.46. The van der Waals surface area contributed by atoms with E-state index in [0.29, 0.717) is 50.8 Å². The van der Waals surface area contributed by atoms with Crippen LogP contribution in [0.1, 0.15) is 24.0 Å². The molecule has 5 atom stereocenters. The SMILES string of the molecule is NC(=O)C1C(=O)[C@@]2(O)C(=O)C3=C(O)c4c(O)c(-c5ccc6c(c5)OCO6)cc(-c5ccc6c(c5)OCO6)c4C[C@H]3C[C@H]2CC1O. The third-order valence-corrected chi connectivity index (χ3v) is 9.75. The van der Waals surface area contributed by atoms with Crippen molar-refractivity contribution in [1.82, 2.24) is 0 Å². The number of aromatic hydroxyl groups is 1. The fourth-order valence-electron chi connectivity index (χ4n) is 7.60. The van der Waals surface area contributed by atoms with Crippen LogP contribution in [0.15, 0.2) is 48.0 Å². The highest BCUT2D eigenvalue weighted by Gasteiger charge is 2.64. The second-order valence-corrected chi connectivity index (χ2v) is 12.0. The van der Waals surface area contributed by atoms with E-state index in [1.54, 1.807) is 36.4 Å². The summed E-state index contributed by atoms with van der Waals surface area (Å²) in [5.74, 6) is -5.65. The van der Waals surface area contributed by atoms with Gasteiger partial charge in [0.25, 0.3) is 0 Å². The van der Waals surface area contributed by atoms with Crippen LogP contribution in [0, 0.1) is 17.8 Å².